The highest BCUT2D eigenvalue weighted by atomic mass is 32.1. The maximum Gasteiger partial charge on any atom is 0.345 e. The SMILES string of the molecule is Cc1ccccc1-c1cc2c(s1)[C@@H](C(N)=O)N1C[C@H]2N(O)C1=O. The number of aryl methyl sites for hydroxylation is 1. The summed E-state index contributed by atoms with van der Waals surface area (Å²) in [5, 5.41) is 10.7. The van der Waals surface area contributed by atoms with Gasteiger partial charge in [0.25, 0.3) is 0 Å². The Bertz CT molecular complexity index is 832. The largest absolute Gasteiger partial charge is 0.368 e. The molecule has 2 atom stereocenters. The normalized spacial score (nSPS) is 22.4. The second kappa shape index (κ2) is 4.81. The molecule has 1 aromatic carbocycles. The first-order valence-electron chi connectivity index (χ1n) is 7.26. The van der Waals surface area contributed by atoms with Crippen LogP contribution >= 0.6 is 11.3 Å². The third-order valence-electron chi connectivity index (χ3n) is 4.50. The molecule has 118 valence electrons. The van der Waals surface area contributed by atoms with E-state index in [9.17, 15) is 14.8 Å². The molecule has 0 spiro atoms. The van der Waals surface area contributed by atoms with Crippen molar-refractivity contribution in [1.29, 1.82) is 0 Å². The lowest BCUT2D eigenvalue weighted by atomic mass is 9.97. The molecule has 1 saturated heterocycles. The van der Waals surface area contributed by atoms with Gasteiger partial charge in [-0.3, -0.25) is 10.0 Å². The second-order valence-corrected chi connectivity index (χ2v) is 6.93. The first-order chi connectivity index (χ1) is 11.0. The minimum atomic E-state index is -0.811. The Labute approximate surface area is 136 Å². The Hall–Kier alpha value is -2.38. The van der Waals surface area contributed by atoms with Gasteiger partial charge in [0.2, 0.25) is 5.91 Å². The zero-order chi connectivity index (χ0) is 16.3. The van der Waals surface area contributed by atoms with E-state index in [2.05, 4.69) is 0 Å². The predicted octanol–water partition coefficient (Wildman–Crippen LogP) is 2.43. The van der Waals surface area contributed by atoms with Gasteiger partial charge < -0.3 is 10.6 Å². The van der Waals surface area contributed by atoms with Gasteiger partial charge in [-0.1, -0.05) is 24.3 Å². The number of thiophene rings is 1. The molecule has 4 rings (SSSR count). The third kappa shape index (κ3) is 1.90. The van der Waals surface area contributed by atoms with Gasteiger partial charge in [0, 0.05) is 9.75 Å². The molecule has 7 heteroatoms. The number of fused-ring (bicyclic) bond motifs is 4. The van der Waals surface area contributed by atoms with Gasteiger partial charge >= 0.3 is 6.03 Å². The number of nitrogens with two attached hydrogens (primary N) is 1. The van der Waals surface area contributed by atoms with E-state index in [-0.39, 0.29) is 6.54 Å². The van der Waals surface area contributed by atoms with Crippen molar-refractivity contribution in [3.05, 3.63) is 46.3 Å². The van der Waals surface area contributed by atoms with Gasteiger partial charge in [0.1, 0.15) is 12.1 Å². The van der Waals surface area contributed by atoms with E-state index in [4.69, 9.17) is 5.73 Å². The fourth-order valence-corrected chi connectivity index (χ4v) is 4.78. The van der Waals surface area contributed by atoms with Crippen LogP contribution in [0.2, 0.25) is 0 Å². The molecule has 23 heavy (non-hydrogen) atoms. The quantitative estimate of drug-likeness (QED) is 0.830. The van der Waals surface area contributed by atoms with E-state index >= 15 is 0 Å². The Morgan fingerprint density at radius 2 is 2.13 bits per heavy atom. The molecule has 2 aliphatic rings. The van der Waals surface area contributed by atoms with Crippen LogP contribution in [-0.2, 0) is 4.79 Å². The number of carbonyl (C=O) groups excluding carboxylic acids is 2. The first-order valence-corrected chi connectivity index (χ1v) is 8.08. The molecule has 1 fully saturated rings. The number of hydroxylamine groups is 2. The fraction of sp³-hybridized carbons (Fsp3) is 0.250. The first kappa shape index (κ1) is 14.2. The Kier molecular flexibility index (Phi) is 2.97. The molecule has 3 heterocycles. The van der Waals surface area contributed by atoms with Crippen molar-refractivity contribution >= 4 is 23.3 Å². The number of rotatable bonds is 2. The van der Waals surface area contributed by atoms with Gasteiger partial charge in [-0.15, -0.1) is 11.3 Å². The van der Waals surface area contributed by atoms with Crippen LogP contribution in [0.1, 0.15) is 28.1 Å². The minimum Gasteiger partial charge on any atom is -0.368 e. The maximum absolute atomic E-state index is 12.1. The number of hydrogen-bond acceptors (Lipinski definition) is 4. The van der Waals surface area contributed by atoms with E-state index in [1.54, 1.807) is 0 Å². The zero-order valence-corrected chi connectivity index (χ0v) is 13.2. The molecule has 2 aromatic rings. The van der Waals surface area contributed by atoms with Crippen molar-refractivity contribution in [2.45, 2.75) is 19.0 Å². The summed E-state index contributed by atoms with van der Waals surface area (Å²) >= 11 is 1.46. The monoisotopic (exact) mass is 329 g/mol. The summed E-state index contributed by atoms with van der Waals surface area (Å²) in [6, 6.07) is 8.12. The van der Waals surface area contributed by atoms with Crippen molar-refractivity contribution in [3.63, 3.8) is 0 Å². The molecular formula is C16H15N3O3S. The van der Waals surface area contributed by atoms with Crippen LogP contribution in [0.3, 0.4) is 0 Å². The Morgan fingerprint density at radius 3 is 2.83 bits per heavy atom. The lowest BCUT2D eigenvalue weighted by Gasteiger charge is -2.27. The maximum atomic E-state index is 12.1. The van der Waals surface area contributed by atoms with Crippen LogP contribution in [0.25, 0.3) is 10.4 Å². The number of primary amides is 1. The number of benzene rings is 1. The molecule has 2 bridgehead atoms. The molecular weight excluding hydrogens is 314 g/mol. The summed E-state index contributed by atoms with van der Waals surface area (Å²) < 4.78 is 0. The van der Waals surface area contributed by atoms with Crippen molar-refractivity contribution in [1.82, 2.24) is 9.96 Å². The van der Waals surface area contributed by atoms with E-state index in [0.717, 1.165) is 26.4 Å². The van der Waals surface area contributed by atoms with Crippen LogP contribution in [0.15, 0.2) is 30.3 Å². The smallest absolute Gasteiger partial charge is 0.345 e. The number of urea groups is 1. The molecule has 3 N–H and O–H groups in total. The standard InChI is InChI=1S/C16H15N3O3S/c1-8-4-2-3-5-9(8)12-6-10-11-7-18(16(21)19(11)22)13(15(17)20)14(10)23-12/h2-6,11,13,22H,7H2,1H3,(H2,17,20)/t11-,13+/m1/s1. The van der Waals surface area contributed by atoms with Gasteiger partial charge in [0.15, 0.2) is 0 Å². The number of amides is 3. The predicted molar refractivity (Wildman–Crippen MR) is 84.9 cm³/mol. The van der Waals surface area contributed by atoms with Crippen molar-refractivity contribution in [3.8, 4) is 10.4 Å². The number of hydrogen-bond donors (Lipinski definition) is 2. The molecule has 1 aromatic heterocycles. The fourth-order valence-electron chi connectivity index (χ4n) is 3.35. The summed E-state index contributed by atoms with van der Waals surface area (Å²) in [4.78, 5) is 27.1. The molecule has 0 radical (unpaired) electrons. The van der Waals surface area contributed by atoms with Crippen LogP contribution in [0.4, 0.5) is 4.79 Å². The van der Waals surface area contributed by atoms with Crippen LogP contribution in [-0.4, -0.2) is 33.7 Å². The molecule has 0 aliphatic carbocycles. The number of nitrogens with zero attached hydrogens (tertiary/aromatic N) is 2. The lowest BCUT2D eigenvalue weighted by molar-refractivity contribution is -0.122. The summed E-state index contributed by atoms with van der Waals surface area (Å²) in [6.45, 7) is 2.30. The molecule has 0 unspecified atom stereocenters. The topological polar surface area (TPSA) is 86.9 Å². The highest BCUT2D eigenvalue weighted by Crippen LogP contribution is 2.48. The third-order valence-corrected chi connectivity index (χ3v) is 5.73. The Balaban J connectivity index is 1.89. The summed E-state index contributed by atoms with van der Waals surface area (Å²) in [5.74, 6) is -0.577. The van der Waals surface area contributed by atoms with Gasteiger partial charge in [-0.25, -0.2) is 4.79 Å². The number of carbonyl (C=O) groups is 2. The van der Waals surface area contributed by atoms with Gasteiger partial charge in [-0.05, 0) is 29.7 Å². The van der Waals surface area contributed by atoms with Crippen LogP contribution < -0.4 is 5.73 Å². The molecule has 0 saturated carbocycles. The van der Waals surface area contributed by atoms with E-state index in [0.29, 0.717) is 5.06 Å². The van der Waals surface area contributed by atoms with Crippen LogP contribution in [0, 0.1) is 6.92 Å². The van der Waals surface area contributed by atoms with Crippen LogP contribution in [0.5, 0.6) is 0 Å². The second-order valence-electron chi connectivity index (χ2n) is 5.85. The minimum absolute atomic E-state index is 0.278. The summed E-state index contributed by atoms with van der Waals surface area (Å²) in [7, 11) is 0. The average molecular weight is 329 g/mol. The van der Waals surface area contributed by atoms with Crippen molar-refractivity contribution in [2.24, 2.45) is 5.73 Å². The van der Waals surface area contributed by atoms with E-state index in [1.807, 2.05) is 37.3 Å². The van der Waals surface area contributed by atoms with Crippen molar-refractivity contribution < 1.29 is 14.8 Å². The Morgan fingerprint density at radius 1 is 1.39 bits per heavy atom. The van der Waals surface area contributed by atoms with Gasteiger partial charge in [-0.2, -0.15) is 5.06 Å². The summed E-state index contributed by atoms with van der Waals surface area (Å²) in [5.41, 5.74) is 8.54. The van der Waals surface area contributed by atoms with Gasteiger partial charge in [0.05, 0.1) is 6.54 Å². The zero-order valence-electron chi connectivity index (χ0n) is 12.4. The summed E-state index contributed by atoms with van der Waals surface area (Å²) in [6.07, 6.45) is 0. The molecule has 3 amide bonds. The lowest BCUT2D eigenvalue weighted by Crippen LogP contribution is -2.40. The van der Waals surface area contributed by atoms with E-state index in [1.165, 1.54) is 16.2 Å². The highest BCUT2D eigenvalue weighted by molar-refractivity contribution is 7.16. The van der Waals surface area contributed by atoms with Crippen molar-refractivity contribution in [2.75, 3.05) is 6.54 Å². The molecule has 2 aliphatic heterocycles. The molecule has 6 nitrogen and oxygen atoms in total. The average Bonchev–Trinajstić information content (AvgIpc) is 3.05. The highest BCUT2D eigenvalue weighted by Gasteiger charge is 2.50. The van der Waals surface area contributed by atoms with E-state index < -0.39 is 24.0 Å².